The number of carbonyl (C=O) groups is 1. The summed E-state index contributed by atoms with van der Waals surface area (Å²) in [6.07, 6.45) is 2.17. The maximum absolute atomic E-state index is 13.2. The molecule has 0 aromatic heterocycles. The molecule has 0 bridgehead atoms. The highest BCUT2D eigenvalue weighted by Crippen LogP contribution is 2.26. The quantitative estimate of drug-likeness (QED) is 0.610. The van der Waals surface area contributed by atoms with E-state index < -0.39 is 16.1 Å². The van der Waals surface area contributed by atoms with E-state index in [0.29, 0.717) is 30.9 Å². The van der Waals surface area contributed by atoms with Gasteiger partial charge in [0, 0.05) is 0 Å². The van der Waals surface area contributed by atoms with Crippen molar-refractivity contribution in [3.63, 3.8) is 0 Å². The maximum atomic E-state index is 13.2. The van der Waals surface area contributed by atoms with Crippen LogP contribution in [0.3, 0.4) is 0 Å². The van der Waals surface area contributed by atoms with Crippen molar-refractivity contribution in [3.8, 4) is 5.75 Å². The van der Waals surface area contributed by atoms with Crippen molar-refractivity contribution in [1.82, 2.24) is 5.32 Å². The first-order valence-corrected chi connectivity index (χ1v) is 12.1. The minimum absolute atomic E-state index is 0.186. The van der Waals surface area contributed by atoms with Crippen molar-refractivity contribution < 1.29 is 17.9 Å². The van der Waals surface area contributed by atoms with Crippen molar-refractivity contribution in [2.75, 3.05) is 17.2 Å². The average Bonchev–Trinajstić information content (AvgIpc) is 2.71. The Morgan fingerprint density at radius 2 is 1.60 bits per heavy atom. The number of ether oxygens (including phenoxy) is 1. The summed E-state index contributed by atoms with van der Waals surface area (Å²) in [4.78, 5) is 13.2. The van der Waals surface area contributed by atoms with Crippen molar-refractivity contribution in [3.05, 3.63) is 59.7 Å². The highest BCUT2D eigenvalue weighted by Gasteiger charge is 2.32. The number of rotatable bonds is 10. The lowest BCUT2D eigenvalue weighted by atomic mass is 10.0. The Labute approximate surface area is 180 Å². The molecule has 0 spiro atoms. The first-order chi connectivity index (χ1) is 14.2. The topological polar surface area (TPSA) is 75.7 Å². The van der Waals surface area contributed by atoms with Gasteiger partial charge >= 0.3 is 0 Å². The zero-order valence-electron chi connectivity index (χ0n) is 18.4. The normalized spacial score (nSPS) is 13.4. The SMILES string of the molecule is CCOc1ccc(N([C@@H](CC)C(=O)N[C@H](CC)c2ccc(C)cc2)S(C)(=O)=O)cc1. The monoisotopic (exact) mass is 432 g/mol. The van der Waals surface area contributed by atoms with Gasteiger partial charge in [-0.25, -0.2) is 8.42 Å². The first-order valence-electron chi connectivity index (χ1n) is 10.3. The number of hydrogen-bond acceptors (Lipinski definition) is 4. The molecule has 1 N–H and O–H groups in total. The Hall–Kier alpha value is -2.54. The number of sulfonamides is 1. The summed E-state index contributed by atoms with van der Waals surface area (Å²) in [6.45, 7) is 8.21. The molecular weight excluding hydrogens is 400 g/mol. The third-order valence-electron chi connectivity index (χ3n) is 4.94. The van der Waals surface area contributed by atoms with E-state index in [-0.39, 0.29) is 11.9 Å². The summed E-state index contributed by atoms with van der Waals surface area (Å²) in [5.41, 5.74) is 2.58. The Balaban J connectivity index is 2.31. The van der Waals surface area contributed by atoms with Crippen LogP contribution in [0.25, 0.3) is 0 Å². The lowest BCUT2D eigenvalue weighted by molar-refractivity contribution is -0.123. The molecule has 2 aromatic rings. The molecule has 0 aliphatic rings. The molecule has 0 aliphatic heterocycles. The molecule has 0 unspecified atom stereocenters. The number of carbonyl (C=O) groups excluding carboxylic acids is 1. The summed E-state index contributed by atoms with van der Waals surface area (Å²) < 4.78 is 31.9. The number of benzene rings is 2. The fraction of sp³-hybridized carbons (Fsp3) is 0.435. The first kappa shape index (κ1) is 23.7. The van der Waals surface area contributed by atoms with Crippen LogP contribution in [-0.4, -0.2) is 33.2 Å². The molecule has 7 heteroatoms. The van der Waals surface area contributed by atoms with Gasteiger partial charge in [0.15, 0.2) is 0 Å². The van der Waals surface area contributed by atoms with Gasteiger partial charge in [0.25, 0.3) is 0 Å². The van der Waals surface area contributed by atoms with Crippen molar-refractivity contribution in [2.45, 2.75) is 52.6 Å². The lowest BCUT2D eigenvalue weighted by Gasteiger charge is -2.31. The summed E-state index contributed by atoms with van der Waals surface area (Å²) in [7, 11) is -3.68. The summed E-state index contributed by atoms with van der Waals surface area (Å²) >= 11 is 0. The molecule has 2 atom stereocenters. The van der Waals surface area contributed by atoms with Crippen LogP contribution in [0.1, 0.15) is 50.8 Å². The van der Waals surface area contributed by atoms with E-state index in [1.165, 1.54) is 4.31 Å². The van der Waals surface area contributed by atoms with Gasteiger partial charge < -0.3 is 10.1 Å². The molecular formula is C23H32N2O4S. The van der Waals surface area contributed by atoms with E-state index >= 15 is 0 Å². The Morgan fingerprint density at radius 1 is 1.00 bits per heavy atom. The van der Waals surface area contributed by atoms with Crippen LogP contribution in [0, 0.1) is 6.92 Å². The van der Waals surface area contributed by atoms with Gasteiger partial charge in [-0.05, 0) is 56.5 Å². The molecule has 164 valence electrons. The minimum Gasteiger partial charge on any atom is -0.494 e. The summed E-state index contributed by atoms with van der Waals surface area (Å²) in [6, 6.07) is 13.7. The van der Waals surface area contributed by atoms with E-state index in [4.69, 9.17) is 4.74 Å². The summed E-state index contributed by atoms with van der Waals surface area (Å²) in [5.74, 6) is 0.335. The number of nitrogens with zero attached hydrogens (tertiary/aromatic N) is 1. The largest absolute Gasteiger partial charge is 0.494 e. The zero-order valence-corrected chi connectivity index (χ0v) is 19.2. The second-order valence-corrected chi connectivity index (χ2v) is 9.15. The fourth-order valence-corrected chi connectivity index (χ4v) is 4.62. The molecule has 6 nitrogen and oxygen atoms in total. The molecule has 30 heavy (non-hydrogen) atoms. The van der Waals surface area contributed by atoms with Crippen LogP contribution < -0.4 is 14.4 Å². The fourth-order valence-electron chi connectivity index (χ4n) is 3.40. The summed E-state index contributed by atoms with van der Waals surface area (Å²) in [5, 5.41) is 3.04. The predicted octanol–water partition coefficient (Wildman–Crippen LogP) is 4.21. The van der Waals surface area contributed by atoms with Crippen molar-refractivity contribution >= 4 is 21.6 Å². The van der Waals surface area contributed by atoms with Gasteiger partial charge in [0.1, 0.15) is 11.8 Å². The molecule has 0 fully saturated rings. The van der Waals surface area contributed by atoms with Crippen LogP contribution in [-0.2, 0) is 14.8 Å². The van der Waals surface area contributed by atoms with E-state index in [0.717, 1.165) is 17.4 Å². The van der Waals surface area contributed by atoms with E-state index in [2.05, 4.69) is 5.32 Å². The third kappa shape index (κ3) is 5.98. The molecule has 0 saturated heterocycles. The molecule has 1 amide bonds. The van der Waals surface area contributed by atoms with E-state index in [9.17, 15) is 13.2 Å². The molecule has 0 heterocycles. The number of amides is 1. The van der Waals surface area contributed by atoms with Crippen molar-refractivity contribution in [2.24, 2.45) is 0 Å². The van der Waals surface area contributed by atoms with E-state index in [1.807, 2.05) is 52.0 Å². The zero-order chi connectivity index (χ0) is 22.3. The van der Waals surface area contributed by atoms with Gasteiger partial charge in [-0.3, -0.25) is 9.10 Å². The molecule has 0 aliphatic carbocycles. The smallest absolute Gasteiger partial charge is 0.244 e. The van der Waals surface area contributed by atoms with E-state index in [1.54, 1.807) is 24.3 Å². The average molecular weight is 433 g/mol. The highest BCUT2D eigenvalue weighted by atomic mass is 32.2. The Morgan fingerprint density at radius 3 is 2.07 bits per heavy atom. The maximum Gasteiger partial charge on any atom is 0.244 e. The van der Waals surface area contributed by atoms with Crippen molar-refractivity contribution in [1.29, 1.82) is 0 Å². The minimum atomic E-state index is -3.68. The number of hydrogen-bond donors (Lipinski definition) is 1. The standard InChI is InChI=1S/C23H32N2O4S/c1-6-21(18-11-9-17(4)10-12-18)24-23(26)22(7-2)25(30(5,27)28)19-13-15-20(16-14-19)29-8-3/h9-16,21-22H,6-8H2,1-5H3,(H,24,26)/t21-,22+/m1/s1. The second-order valence-electron chi connectivity index (χ2n) is 7.29. The van der Waals surface area contributed by atoms with Crippen LogP contribution in [0.4, 0.5) is 5.69 Å². The number of aryl methyl sites for hydroxylation is 1. The number of nitrogens with one attached hydrogen (secondary N) is 1. The predicted molar refractivity (Wildman–Crippen MR) is 121 cm³/mol. The third-order valence-corrected chi connectivity index (χ3v) is 6.12. The van der Waals surface area contributed by atoms with Gasteiger partial charge in [-0.15, -0.1) is 0 Å². The molecule has 0 saturated carbocycles. The van der Waals surface area contributed by atoms with Gasteiger partial charge in [-0.1, -0.05) is 43.7 Å². The second kappa shape index (κ2) is 10.5. The van der Waals surface area contributed by atoms with Crippen LogP contribution >= 0.6 is 0 Å². The van der Waals surface area contributed by atoms with Gasteiger partial charge in [-0.2, -0.15) is 0 Å². The lowest BCUT2D eigenvalue weighted by Crippen LogP contribution is -2.50. The van der Waals surface area contributed by atoms with Crippen LogP contribution in [0.15, 0.2) is 48.5 Å². The van der Waals surface area contributed by atoms with Gasteiger partial charge in [0.2, 0.25) is 15.9 Å². The van der Waals surface area contributed by atoms with Crippen LogP contribution in [0.2, 0.25) is 0 Å². The Bertz CT molecular complexity index is 925. The van der Waals surface area contributed by atoms with Gasteiger partial charge in [0.05, 0.1) is 24.6 Å². The molecule has 2 aromatic carbocycles. The molecule has 2 rings (SSSR count). The van der Waals surface area contributed by atoms with Crippen LogP contribution in [0.5, 0.6) is 5.75 Å². The Kier molecular flexibility index (Phi) is 8.29. The number of anilines is 1. The highest BCUT2D eigenvalue weighted by molar-refractivity contribution is 7.92. The molecule has 0 radical (unpaired) electrons.